The first-order valence-electron chi connectivity index (χ1n) is 10.8. The monoisotopic (exact) mass is 427 g/mol. The average molecular weight is 428 g/mol. The second kappa shape index (κ2) is 8.23. The van der Waals surface area contributed by atoms with Gasteiger partial charge in [0.1, 0.15) is 5.69 Å². The van der Waals surface area contributed by atoms with E-state index in [9.17, 15) is 0 Å². The quantitative estimate of drug-likeness (QED) is 0.469. The number of benzene rings is 2. The Labute approximate surface area is 182 Å². The van der Waals surface area contributed by atoms with E-state index in [1.165, 1.54) is 27.8 Å². The SMILES string of the molecule is Cc1ccc(Cl)c2occ(CCC[N+]3(c4cccc5c4CCOO5)CCNCC3)c12. The molecule has 0 saturated carbocycles. The van der Waals surface area contributed by atoms with E-state index in [0.29, 0.717) is 11.6 Å². The van der Waals surface area contributed by atoms with E-state index < -0.39 is 0 Å². The Morgan fingerprint density at radius 3 is 2.87 bits per heavy atom. The zero-order valence-corrected chi connectivity index (χ0v) is 18.1. The van der Waals surface area contributed by atoms with E-state index in [4.69, 9.17) is 25.8 Å². The fraction of sp³-hybridized carbons (Fsp3) is 0.417. The van der Waals surface area contributed by atoms with Gasteiger partial charge in [0.05, 0.1) is 43.1 Å². The van der Waals surface area contributed by atoms with Crippen LogP contribution in [0.3, 0.4) is 0 Å². The Kier molecular flexibility index (Phi) is 5.46. The summed E-state index contributed by atoms with van der Waals surface area (Å²) in [5, 5.41) is 5.39. The first-order valence-corrected chi connectivity index (χ1v) is 11.2. The second-order valence-electron chi connectivity index (χ2n) is 8.41. The molecular formula is C24H28ClN2O3+. The van der Waals surface area contributed by atoms with E-state index in [2.05, 4.69) is 30.4 Å². The van der Waals surface area contributed by atoms with Crippen molar-refractivity contribution >= 4 is 28.3 Å². The van der Waals surface area contributed by atoms with Crippen molar-refractivity contribution in [3.8, 4) is 5.75 Å². The van der Waals surface area contributed by atoms with E-state index in [0.717, 1.165) is 67.8 Å². The summed E-state index contributed by atoms with van der Waals surface area (Å²) in [6.45, 7) is 8.08. The number of rotatable bonds is 5. The van der Waals surface area contributed by atoms with Crippen molar-refractivity contribution in [1.29, 1.82) is 0 Å². The molecule has 0 spiro atoms. The maximum absolute atomic E-state index is 6.34. The third-order valence-corrected chi connectivity index (χ3v) is 6.92. The van der Waals surface area contributed by atoms with Gasteiger partial charge in [-0.1, -0.05) is 23.7 Å². The molecule has 2 aliphatic heterocycles. The molecule has 6 heteroatoms. The number of halogens is 1. The summed E-state index contributed by atoms with van der Waals surface area (Å²) in [5.74, 6) is 0.876. The molecule has 2 aliphatic rings. The fourth-order valence-electron chi connectivity index (χ4n) is 5.10. The minimum Gasteiger partial charge on any atom is -0.462 e. The number of hydrogen-bond donors (Lipinski definition) is 1. The van der Waals surface area contributed by atoms with Crippen molar-refractivity contribution in [3.63, 3.8) is 0 Å². The Hall–Kier alpha value is -2.05. The molecule has 1 N–H and O–H groups in total. The Balaban J connectivity index is 1.41. The lowest BCUT2D eigenvalue weighted by Crippen LogP contribution is -2.60. The zero-order valence-electron chi connectivity index (χ0n) is 17.4. The van der Waals surface area contributed by atoms with Gasteiger partial charge in [0, 0.05) is 31.3 Å². The normalized spacial score (nSPS) is 18.2. The van der Waals surface area contributed by atoms with Gasteiger partial charge in [-0.25, -0.2) is 0 Å². The number of quaternary nitrogens is 1. The number of piperazine rings is 1. The molecular weight excluding hydrogens is 400 g/mol. The van der Waals surface area contributed by atoms with E-state index in [1.54, 1.807) is 0 Å². The third kappa shape index (κ3) is 3.50. The van der Waals surface area contributed by atoms with Gasteiger partial charge in [-0.05, 0) is 42.7 Å². The lowest BCUT2D eigenvalue weighted by Gasteiger charge is -2.43. The maximum Gasteiger partial charge on any atom is 0.174 e. The molecule has 30 heavy (non-hydrogen) atoms. The molecule has 5 nitrogen and oxygen atoms in total. The molecule has 0 radical (unpaired) electrons. The van der Waals surface area contributed by atoms with Crippen LogP contribution in [-0.2, 0) is 17.7 Å². The van der Waals surface area contributed by atoms with E-state index >= 15 is 0 Å². The van der Waals surface area contributed by atoms with Gasteiger partial charge in [0.2, 0.25) is 0 Å². The molecule has 5 rings (SSSR count). The first-order chi connectivity index (χ1) is 14.7. The van der Waals surface area contributed by atoms with Crippen molar-refractivity contribution in [2.45, 2.75) is 26.2 Å². The lowest BCUT2D eigenvalue weighted by molar-refractivity contribution is -0.215. The molecule has 0 amide bonds. The summed E-state index contributed by atoms with van der Waals surface area (Å²) < 4.78 is 6.80. The number of fused-ring (bicyclic) bond motifs is 2. The summed E-state index contributed by atoms with van der Waals surface area (Å²) in [5.41, 5.74) is 5.99. The van der Waals surface area contributed by atoms with Gasteiger partial charge in [-0.15, -0.1) is 0 Å². The topological polar surface area (TPSA) is 43.6 Å². The maximum atomic E-state index is 6.34. The molecule has 3 aromatic rings. The highest BCUT2D eigenvalue weighted by molar-refractivity contribution is 6.35. The van der Waals surface area contributed by atoms with Crippen molar-refractivity contribution in [3.05, 3.63) is 58.3 Å². The predicted octanol–water partition coefficient (Wildman–Crippen LogP) is 4.80. The van der Waals surface area contributed by atoms with Crippen molar-refractivity contribution in [2.75, 3.05) is 39.3 Å². The van der Waals surface area contributed by atoms with E-state index in [1.807, 2.05) is 18.4 Å². The zero-order chi connectivity index (χ0) is 20.6. The van der Waals surface area contributed by atoms with Crippen LogP contribution in [0.1, 0.15) is 23.1 Å². The number of nitrogens with zero attached hydrogens (tertiary/aromatic N) is 1. The Morgan fingerprint density at radius 2 is 2.00 bits per heavy atom. The molecule has 3 heterocycles. The van der Waals surface area contributed by atoms with Gasteiger partial charge in [-0.3, -0.25) is 4.48 Å². The van der Waals surface area contributed by atoms with Crippen LogP contribution in [0.5, 0.6) is 5.75 Å². The van der Waals surface area contributed by atoms with Gasteiger partial charge in [0.25, 0.3) is 0 Å². The van der Waals surface area contributed by atoms with Crippen molar-refractivity contribution in [1.82, 2.24) is 9.80 Å². The molecule has 1 aromatic heterocycles. The van der Waals surface area contributed by atoms with Crippen LogP contribution in [0.25, 0.3) is 11.0 Å². The molecule has 1 saturated heterocycles. The van der Waals surface area contributed by atoms with Gasteiger partial charge >= 0.3 is 0 Å². The molecule has 2 aromatic carbocycles. The Bertz CT molecular complexity index is 1060. The van der Waals surface area contributed by atoms with Crippen LogP contribution in [0, 0.1) is 6.92 Å². The molecule has 158 valence electrons. The smallest absolute Gasteiger partial charge is 0.174 e. The van der Waals surface area contributed by atoms with Crippen LogP contribution in [0.2, 0.25) is 5.02 Å². The van der Waals surface area contributed by atoms with Crippen molar-refractivity contribution < 1.29 is 14.2 Å². The summed E-state index contributed by atoms with van der Waals surface area (Å²) in [7, 11) is 0. The molecule has 0 aliphatic carbocycles. The highest BCUT2D eigenvalue weighted by atomic mass is 35.5. The van der Waals surface area contributed by atoms with Crippen LogP contribution in [-0.4, -0.2) is 39.3 Å². The fourth-order valence-corrected chi connectivity index (χ4v) is 5.30. The highest BCUT2D eigenvalue weighted by Gasteiger charge is 2.36. The minimum atomic E-state index is 0.614. The van der Waals surface area contributed by atoms with Crippen LogP contribution in [0.15, 0.2) is 41.0 Å². The molecule has 0 atom stereocenters. The third-order valence-electron chi connectivity index (χ3n) is 6.63. The number of furan rings is 1. The molecule has 0 unspecified atom stereocenters. The molecule has 1 fully saturated rings. The summed E-state index contributed by atoms with van der Waals surface area (Å²) in [4.78, 5) is 10.7. The summed E-state index contributed by atoms with van der Waals surface area (Å²) in [6.07, 6.45) is 4.86. The average Bonchev–Trinajstić information content (AvgIpc) is 3.22. The number of hydrogen-bond acceptors (Lipinski definition) is 4. The largest absolute Gasteiger partial charge is 0.462 e. The van der Waals surface area contributed by atoms with E-state index in [-0.39, 0.29) is 0 Å². The summed E-state index contributed by atoms with van der Waals surface area (Å²) in [6, 6.07) is 10.4. The minimum absolute atomic E-state index is 0.614. The first kappa shape index (κ1) is 19.9. The van der Waals surface area contributed by atoms with Gasteiger partial charge < -0.3 is 14.6 Å². The van der Waals surface area contributed by atoms with Gasteiger partial charge in [-0.2, -0.15) is 4.89 Å². The number of aryl methyl sites for hydroxylation is 2. The lowest BCUT2D eigenvalue weighted by atomic mass is 10.0. The predicted molar refractivity (Wildman–Crippen MR) is 120 cm³/mol. The summed E-state index contributed by atoms with van der Waals surface area (Å²) >= 11 is 6.34. The standard InChI is InChI=1S/C24H28ClN2O3/c1-17-7-8-20(25)24-23(17)18(16-28-24)4-3-12-27(13-10-26-11-14-27)21-5-2-6-22-19(21)9-15-29-30-22/h2,5-8,16,26H,3-4,9-15H2,1H3/q+1. The molecule has 0 bridgehead atoms. The van der Waals surface area contributed by atoms with Crippen LogP contribution < -0.4 is 14.7 Å². The van der Waals surface area contributed by atoms with Gasteiger partial charge in [0.15, 0.2) is 11.3 Å². The highest BCUT2D eigenvalue weighted by Crippen LogP contribution is 2.37. The van der Waals surface area contributed by atoms with Crippen molar-refractivity contribution in [2.24, 2.45) is 0 Å². The number of nitrogens with one attached hydrogen (secondary N) is 1. The Morgan fingerprint density at radius 1 is 1.13 bits per heavy atom. The van der Waals surface area contributed by atoms with Crippen LogP contribution >= 0.6 is 11.6 Å². The van der Waals surface area contributed by atoms with Crippen LogP contribution in [0.4, 0.5) is 5.69 Å². The second-order valence-corrected chi connectivity index (χ2v) is 8.82.